The molecule has 0 fully saturated rings. The minimum Gasteiger partial charge on any atom is -0.495 e. The van der Waals surface area contributed by atoms with E-state index in [1.165, 1.54) is 24.7 Å². The molecule has 0 bridgehead atoms. The van der Waals surface area contributed by atoms with Gasteiger partial charge in [0.2, 0.25) is 0 Å². The molecule has 0 saturated heterocycles. The first-order chi connectivity index (χ1) is 13.0. The second-order valence-electron chi connectivity index (χ2n) is 5.69. The Morgan fingerprint density at radius 3 is 2.67 bits per heavy atom. The lowest BCUT2D eigenvalue weighted by Gasteiger charge is -2.25. The molecule has 3 N–H and O–H groups in total. The molecule has 0 aliphatic heterocycles. The van der Waals surface area contributed by atoms with E-state index in [4.69, 9.17) is 9.15 Å². The van der Waals surface area contributed by atoms with Crippen molar-refractivity contribution in [1.82, 2.24) is 5.32 Å². The highest BCUT2D eigenvalue weighted by molar-refractivity contribution is 7.08. The third kappa shape index (κ3) is 4.02. The Kier molecular flexibility index (Phi) is 5.58. The molecule has 7 nitrogen and oxygen atoms in total. The van der Waals surface area contributed by atoms with Gasteiger partial charge in [-0.2, -0.15) is 11.3 Å². The topological polar surface area (TPSA) is 101 Å². The molecule has 0 radical (unpaired) electrons. The van der Waals surface area contributed by atoms with Gasteiger partial charge in [0.05, 0.1) is 25.6 Å². The molecule has 3 aromatic rings. The van der Waals surface area contributed by atoms with Crippen LogP contribution in [0.5, 0.6) is 5.75 Å². The van der Waals surface area contributed by atoms with Crippen molar-refractivity contribution in [2.75, 3.05) is 19.0 Å². The van der Waals surface area contributed by atoms with E-state index < -0.39 is 17.4 Å². The predicted molar refractivity (Wildman–Crippen MR) is 101 cm³/mol. The highest BCUT2D eigenvalue weighted by Gasteiger charge is 2.36. The lowest BCUT2D eigenvalue weighted by atomic mass is 9.93. The van der Waals surface area contributed by atoms with Gasteiger partial charge in [0.25, 0.3) is 0 Å². The van der Waals surface area contributed by atoms with Gasteiger partial charge in [0.1, 0.15) is 11.5 Å². The summed E-state index contributed by atoms with van der Waals surface area (Å²) in [6, 6.07) is 11.7. The standard InChI is InChI=1S/C19H18N2O5S/c1-25-15-6-3-2-5-14(15)21-18(23)17(22)20-12-19(24,13-8-10-27-11-13)16-7-4-9-26-16/h2-11,24H,12H2,1H3,(H,20,22)(H,21,23). The molecule has 1 atom stereocenters. The summed E-state index contributed by atoms with van der Waals surface area (Å²) >= 11 is 1.40. The molecule has 140 valence electrons. The maximum atomic E-state index is 12.2. The number of carbonyl (C=O) groups excluding carboxylic acids is 2. The van der Waals surface area contributed by atoms with Crippen molar-refractivity contribution in [2.45, 2.75) is 5.60 Å². The SMILES string of the molecule is COc1ccccc1NC(=O)C(=O)NCC(O)(c1ccsc1)c1ccco1. The van der Waals surface area contributed by atoms with Crippen molar-refractivity contribution in [2.24, 2.45) is 0 Å². The minimum atomic E-state index is -1.58. The van der Waals surface area contributed by atoms with Crippen molar-refractivity contribution in [3.05, 3.63) is 70.8 Å². The second kappa shape index (κ2) is 8.07. The van der Waals surface area contributed by atoms with Gasteiger partial charge in [-0.3, -0.25) is 9.59 Å². The van der Waals surface area contributed by atoms with Gasteiger partial charge in [0.15, 0.2) is 5.60 Å². The van der Waals surface area contributed by atoms with E-state index in [1.807, 2.05) is 0 Å². The van der Waals surface area contributed by atoms with Crippen molar-refractivity contribution in [3.63, 3.8) is 0 Å². The first kappa shape index (κ1) is 18.7. The molecule has 1 unspecified atom stereocenters. The molecule has 0 spiro atoms. The monoisotopic (exact) mass is 386 g/mol. The smallest absolute Gasteiger partial charge is 0.313 e. The van der Waals surface area contributed by atoms with E-state index in [0.29, 0.717) is 17.0 Å². The van der Waals surface area contributed by atoms with Gasteiger partial charge in [-0.25, -0.2) is 0 Å². The molecule has 2 heterocycles. The Hall–Kier alpha value is -3.10. The number of carbonyl (C=O) groups is 2. The minimum absolute atomic E-state index is 0.227. The van der Waals surface area contributed by atoms with Crippen LogP contribution < -0.4 is 15.4 Å². The number of nitrogens with one attached hydrogen (secondary N) is 2. The van der Waals surface area contributed by atoms with E-state index in [9.17, 15) is 14.7 Å². The van der Waals surface area contributed by atoms with Crippen LogP contribution in [0.25, 0.3) is 0 Å². The van der Waals surface area contributed by atoms with Crippen molar-refractivity contribution >= 4 is 28.8 Å². The molecule has 8 heteroatoms. The largest absolute Gasteiger partial charge is 0.495 e. The average molecular weight is 386 g/mol. The van der Waals surface area contributed by atoms with E-state index in [2.05, 4.69) is 10.6 Å². The van der Waals surface area contributed by atoms with Crippen LogP contribution in [-0.2, 0) is 15.2 Å². The Morgan fingerprint density at radius 1 is 1.19 bits per heavy atom. The van der Waals surface area contributed by atoms with Crippen LogP contribution in [0.2, 0.25) is 0 Å². The van der Waals surface area contributed by atoms with Gasteiger partial charge in [-0.05, 0) is 41.1 Å². The molecule has 3 rings (SSSR count). The molecule has 0 aliphatic rings. The number of ether oxygens (including phenoxy) is 1. The Labute approximate surface area is 159 Å². The highest BCUT2D eigenvalue weighted by atomic mass is 32.1. The zero-order chi connectivity index (χ0) is 19.3. The summed E-state index contributed by atoms with van der Waals surface area (Å²) < 4.78 is 10.5. The van der Waals surface area contributed by atoms with Crippen molar-refractivity contribution in [3.8, 4) is 5.75 Å². The van der Waals surface area contributed by atoms with E-state index in [0.717, 1.165) is 0 Å². The number of rotatable bonds is 6. The molecule has 0 saturated carbocycles. The fourth-order valence-electron chi connectivity index (χ4n) is 2.56. The molecule has 27 heavy (non-hydrogen) atoms. The number of methoxy groups -OCH3 is 1. The lowest BCUT2D eigenvalue weighted by molar-refractivity contribution is -0.136. The highest BCUT2D eigenvalue weighted by Crippen LogP contribution is 2.31. The average Bonchev–Trinajstić information content (AvgIpc) is 3.40. The zero-order valence-electron chi connectivity index (χ0n) is 14.5. The number of anilines is 1. The molecule has 2 aromatic heterocycles. The fourth-order valence-corrected chi connectivity index (χ4v) is 3.28. The van der Waals surface area contributed by atoms with Crippen LogP contribution in [0.15, 0.2) is 63.9 Å². The van der Waals surface area contributed by atoms with Crippen LogP contribution in [0.3, 0.4) is 0 Å². The third-order valence-electron chi connectivity index (χ3n) is 3.99. The van der Waals surface area contributed by atoms with Crippen LogP contribution in [0.1, 0.15) is 11.3 Å². The normalized spacial score (nSPS) is 12.8. The number of furan rings is 1. The number of amides is 2. The first-order valence-electron chi connectivity index (χ1n) is 8.06. The van der Waals surface area contributed by atoms with E-state index >= 15 is 0 Å². The summed E-state index contributed by atoms with van der Waals surface area (Å²) in [5.74, 6) is -1.05. The molecular formula is C19H18N2O5S. The van der Waals surface area contributed by atoms with E-state index in [1.54, 1.807) is 53.2 Å². The van der Waals surface area contributed by atoms with Crippen LogP contribution >= 0.6 is 11.3 Å². The van der Waals surface area contributed by atoms with Gasteiger partial charge in [0, 0.05) is 5.56 Å². The summed E-state index contributed by atoms with van der Waals surface area (Å²) in [5, 5.41) is 19.6. The molecule has 1 aromatic carbocycles. The van der Waals surface area contributed by atoms with Crippen molar-refractivity contribution in [1.29, 1.82) is 0 Å². The quantitative estimate of drug-likeness (QED) is 0.565. The van der Waals surface area contributed by atoms with Crippen LogP contribution in [0, 0.1) is 0 Å². The zero-order valence-corrected chi connectivity index (χ0v) is 15.3. The Balaban J connectivity index is 1.70. The predicted octanol–water partition coefficient (Wildman–Crippen LogP) is 2.34. The maximum absolute atomic E-state index is 12.2. The van der Waals surface area contributed by atoms with Gasteiger partial charge in [-0.15, -0.1) is 0 Å². The second-order valence-corrected chi connectivity index (χ2v) is 6.47. The lowest BCUT2D eigenvalue weighted by Crippen LogP contribution is -2.45. The maximum Gasteiger partial charge on any atom is 0.313 e. The number of thiophene rings is 1. The van der Waals surface area contributed by atoms with E-state index in [-0.39, 0.29) is 12.3 Å². The van der Waals surface area contributed by atoms with Crippen LogP contribution in [0.4, 0.5) is 5.69 Å². The summed E-state index contributed by atoms with van der Waals surface area (Å²) in [4.78, 5) is 24.4. The molecule has 0 aliphatic carbocycles. The van der Waals surface area contributed by atoms with Gasteiger partial charge in [-0.1, -0.05) is 12.1 Å². The Morgan fingerprint density at radius 2 is 2.00 bits per heavy atom. The van der Waals surface area contributed by atoms with Gasteiger partial charge >= 0.3 is 11.8 Å². The summed E-state index contributed by atoms with van der Waals surface area (Å²) in [6.07, 6.45) is 1.43. The molecular weight excluding hydrogens is 368 g/mol. The number of para-hydroxylation sites is 2. The number of aliphatic hydroxyl groups is 1. The number of benzene rings is 1. The first-order valence-corrected chi connectivity index (χ1v) is 9.00. The Bertz CT molecular complexity index is 872. The summed E-state index contributed by atoms with van der Waals surface area (Å²) in [6.45, 7) is -0.227. The molecule has 2 amide bonds. The third-order valence-corrected chi connectivity index (χ3v) is 4.68. The van der Waals surface area contributed by atoms with Crippen molar-refractivity contribution < 1.29 is 23.8 Å². The van der Waals surface area contributed by atoms with Crippen LogP contribution in [-0.4, -0.2) is 30.6 Å². The van der Waals surface area contributed by atoms with Gasteiger partial charge < -0.3 is 24.9 Å². The number of hydrogen-bond acceptors (Lipinski definition) is 6. The fraction of sp³-hybridized carbons (Fsp3) is 0.158. The summed E-state index contributed by atoms with van der Waals surface area (Å²) in [5.41, 5.74) is -0.642. The number of hydrogen-bond donors (Lipinski definition) is 3. The summed E-state index contributed by atoms with van der Waals surface area (Å²) in [7, 11) is 1.47.